The highest BCUT2D eigenvalue weighted by Gasteiger charge is 2.20. The molecule has 0 radical (unpaired) electrons. The number of amides is 1. The molecule has 0 aliphatic carbocycles. The minimum Gasteiger partial charge on any atom is -0.481 e. The van der Waals surface area contributed by atoms with E-state index in [2.05, 4.69) is 29.4 Å². The smallest absolute Gasteiger partial charge is 0.267 e. The van der Waals surface area contributed by atoms with Gasteiger partial charge in [-0.2, -0.15) is 0 Å². The summed E-state index contributed by atoms with van der Waals surface area (Å²) >= 11 is 2.92. The number of aromatic nitrogens is 2. The number of anilines is 1. The molecule has 2 aromatic rings. The summed E-state index contributed by atoms with van der Waals surface area (Å²) in [7, 11) is 0. The number of hydrogen-bond donors (Lipinski definition) is 1. The Labute approximate surface area is 142 Å². The van der Waals surface area contributed by atoms with Crippen LogP contribution in [0.5, 0.6) is 5.75 Å². The van der Waals surface area contributed by atoms with Gasteiger partial charge in [0.15, 0.2) is 10.4 Å². The standard InChI is InChI=1S/C15H18FN3O2S2/c1-4-12(21-11-7-5-10(16)6-8-11)13(20)17-14-18-19-15(23-14)22-9(2)3/h5-9,12H,4H2,1-3H3,(H,17,18,20)/t12-/m1/s1. The van der Waals surface area contributed by atoms with Crippen molar-refractivity contribution in [1.29, 1.82) is 0 Å². The maximum Gasteiger partial charge on any atom is 0.267 e. The van der Waals surface area contributed by atoms with E-state index in [4.69, 9.17) is 4.74 Å². The number of nitrogens with zero attached hydrogens (tertiary/aromatic N) is 2. The summed E-state index contributed by atoms with van der Waals surface area (Å²) < 4.78 is 19.3. The van der Waals surface area contributed by atoms with Gasteiger partial charge in [-0.15, -0.1) is 10.2 Å². The Morgan fingerprint density at radius 3 is 2.65 bits per heavy atom. The van der Waals surface area contributed by atoms with Crippen LogP contribution in [0.4, 0.5) is 9.52 Å². The molecule has 0 bridgehead atoms. The molecule has 124 valence electrons. The minimum absolute atomic E-state index is 0.297. The number of carbonyl (C=O) groups excluding carboxylic acids is 1. The van der Waals surface area contributed by atoms with Crippen molar-refractivity contribution in [2.75, 3.05) is 5.32 Å². The van der Waals surface area contributed by atoms with Crippen molar-refractivity contribution >= 4 is 34.1 Å². The van der Waals surface area contributed by atoms with Crippen LogP contribution in [0.15, 0.2) is 28.6 Å². The molecule has 5 nitrogen and oxygen atoms in total. The zero-order valence-electron chi connectivity index (χ0n) is 13.1. The molecule has 0 aliphatic heterocycles. The average Bonchev–Trinajstić information content (AvgIpc) is 2.92. The van der Waals surface area contributed by atoms with Crippen molar-refractivity contribution in [3.63, 3.8) is 0 Å². The maximum absolute atomic E-state index is 12.9. The van der Waals surface area contributed by atoms with Crippen LogP contribution in [0.2, 0.25) is 0 Å². The van der Waals surface area contributed by atoms with Gasteiger partial charge in [-0.05, 0) is 30.7 Å². The zero-order chi connectivity index (χ0) is 16.8. The van der Waals surface area contributed by atoms with Crippen LogP contribution in [0, 0.1) is 5.82 Å². The van der Waals surface area contributed by atoms with E-state index in [9.17, 15) is 9.18 Å². The lowest BCUT2D eigenvalue weighted by molar-refractivity contribution is -0.122. The molecule has 1 atom stereocenters. The molecule has 1 aromatic carbocycles. The van der Waals surface area contributed by atoms with Crippen LogP contribution in [0.3, 0.4) is 0 Å². The van der Waals surface area contributed by atoms with Gasteiger partial charge < -0.3 is 4.74 Å². The molecule has 0 spiro atoms. The summed E-state index contributed by atoms with van der Waals surface area (Å²) in [6.07, 6.45) is -0.194. The van der Waals surface area contributed by atoms with Crippen LogP contribution in [0.25, 0.3) is 0 Å². The van der Waals surface area contributed by atoms with Gasteiger partial charge in [0.25, 0.3) is 5.91 Å². The Balaban J connectivity index is 1.96. The third-order valence-corrected chi connectivity index (χ3v) is 4.66. The first-order valence-corrected chi connectivity index (χ1v) is 8.90. The average molecular weight is 355 g/mol. The highest BCUT2D eigenvalue weighted by atomic mass is 32.2. The van der Waals surface area contributed by atoms with Crippen molar-refractivity contribution in [2.45, 2.75) is 42.9 Å². The number of ether oxygens (including phenoxy) is 1. The van der Waals surface area contributed by atoms with Gasteiger partial charge in [-0.1, -0.05) is 43.9 Å². The number of rotatable bonds is 7. The SMILES string of the molecule is CC[C@@H](Oc1ccc(F)cc1)C(=O)Nc1nnc(SC(C)C)s1. The van der Waals surface area contributed by atoms with E-state index in [0.29, 0.717) is 22.6 Å². The summed E-state index contributed by atoms with van der Waals surface area (Å²) in [6.45, 7) is 5.97. The molecular weight excluding hydrogens is 337 g/mol. The van der Waals surface area contributed by atoms with Crippen molar-refractivity contribution in [3.8, 4) is 5.75 Å². The van der Waals surface area contributed by atoms with Crippen molar-refractivity contribution in [3.05, 3.63) is 30.1 Å². The summed E-state index contributed by atoms with van der Waals surface area (Å²) in [5.41, 5.74) is 0. The van der Waals surface area contributed by atoms with Gasteiger partial charge in [0.05, 0.1) is 0 Å². The van der Waals surface area contributed by atoms with Crippen LogP contribution in [-0.2, 0) is 4.79 Å². The molecule has 2 rings (SSSR count). The van der Waals surface area contributed by atoms with Gasteiger partial charge in [0, 0.05) is 5.25 Å². The van der Waals surface area contributed by atoms with E-state index in [1.54, 1.807) is 11.8 Å². The molecule has 1 N–H and O–H groups in total. The van der Waals surface area contributed by atoms with Gasteiger partial charge in [0.1, 0.15) is 11.6 Å². The highest BCUT2D eigenvalue weighted by molar-refractivity contribution is 8.01. The van der Waals surface area contributed by atoms with Crippen LogP contribution >= 0.6 is 23.1 Å². The van der Waals surface area contributed by atoms with Gasteiger partial charge in [0.2, 0.25) is 5.13 Å². The molecule has 8 heteroatoms. The monoisotopic (exact) mass is 355 g/mol. The molecule has 1 aromatic heterocycles. The van der Waals surface area contributed by atoms with Crippen LogP contribution in [0.1, 0.15) is 27.2 Å². The van der Waals surface area contributed by atoms with Gasteiger partial charge in [-0.25, -0.2) is 4.39 Å². The predicted molar refractivity (Wildman–Crippen MR) is 90.6 cm³/mol. The van der Waals surface area contributed by atoms with Gasteiger partial charge in [-0.3, -0.25) is 10.1 Å². The van der Waals surface area contributed by atoms with E-state index >= 15 is 0 Å². The topological polar surface area (TPSA) is 64.1 Å². The quantitative estimate of drug-likeness (QED) is 0.601. The summed E-state index contributed by atoms with van der Waals surface area (Å²) in [5, 5.41) is 11.5. The molecule has 1 amide bonds. The van der Waals surface area contributed by atoms with Crippen molar-refractivity contribution in [1.82, 2.24) is 10.2 Å². The van der Waals surface area contributed by atoms with Crippen molar-refractivity contribution in [2.24, 2.45) is 0 Å². The Hall–Kier alpha value is -1.67. The van der Waals surface area contributed by atoms with Gasteiger partial charge >= 0.3 is 0 Å². The first-order chi connectivity index (χ1) is 11.0. The molecule has 0 fully saturated rings. The van der Waals surface area contributed by atoms with Crippen molar-refractivity contribution < 1.29 is 13.9 Å². The largest absolute Gasteiger partial charge is 0.481 e. The second-order valence-corrected chi connectivity index (χ2v) is 7.80. The number of carbonyl (C=O) groups is 1. The third kappa shape index (κ3) is 5.47. The fraction of sp³-hybridized carbons (Fsp3) is 0.400. The second-order valence-electron chi connectivity index (χ2n) is 5.00. The molecular formula is C15H18FN3O2S2. The van der Waals surface area contributed by atoms with E-state index in [1.807, 2.05) is 6.92 Å². The normalized spacial score (nSPS) is 12.2. The lowest BCUT2D eigenvalue weighted by Gasteiger charge is -2.16. The lowest BCUT2D eigenvalue weighted by Crippen LogP contribution is -2.32. The van der Waals surface area contributed by atoms with E-state index < -0.39 is 6.10 Å². The Morgan fingerprint density at radius 1 is 1.35 bits per heavy atom. The number of benzene rings is 1. The number of halogens is 1. The Morgan fingerprint density at radius 2 is 2.04 bits per heavy atom. The number of hydrogen-bond acceptors (Lipinski definition) is 6. The summed E-state index contributed by atoms with van der Waals surface area (Å²) in [6, 6.07) is 5.57. The number of nitrogens with one attached hydrogen (secondary N) is 1. The molecule has 23 heavy (non-hydrogen) atoms. The lowest BCUT2D eigenvalue weighted by atomic mass is 10.2. The molecule has 0 aliphatic rings. The fourth-order valence-electron chi connectivity index (χ4n) is 1.70. The second kappa shape index (κ2) is 8.26. The molecule has 0 unspecified atom stereocenters. The maximum atomic E-state index is 12.9. The summed E-state index contributed by atoms with van der Waals surface area (Å²) in [4.78, 5) is 12.3. The highest BCUT2D eigenvalue weighted by Crippen LogP contribution is 2.28. The van der Waals surface area contributed by atoms with Crippen LogP contribution in [-0.4, -0.2) is 27.5 Å². The predicted octanol–water partition coefficient (Wildman–Crippen LogP) is 3.97. The third-order valence-electron chi connectivity index (χ3n) is 2.73. The first-order valence-electron chi connectivity index (χ1n) is 7.21. The Kier molecular flexibility index (Phi) is 6.35. The number of thioether (sulfide) groups is 1. The molecule has 1 heterocycles. The molecule has 0 saturated carbocycles. The van der Waals surface area contributed by atoms with E-state index in [1.165, 1.54) is 35.6 Å². The fourth-order valence-corrected chi connectivity index (χ4v) is 3.67. The Bertz CT molecular complexity index is 646. The van der Waals surface area contributed by atoms with E-state index in [-0.39, 0.29) is 11.7 Å². The minimum atomic E-state index is -0.675. The summed E-state index contributed by atoms with van der Waals surface area (Å²) in [5.74, 6) is -0.199. The molecule has 0 saturated heterocycles. The van der Waals surface area contributed by atoms with E-state index in [0.717, 1.165) is 4.34 Å². The first kappa shape index (κ1) is 17.7. The van der Waals surface area contributed by atoms with Crippen LogP contribution < -0.4 is 10.1 Å². The zero-order valence-corrected chi connectivity index (χ0v) is 14.7.